The molecule has 1 aliphatic rings. The van der Waals surface area contributed by atoms with E-state index in [0.29, 0.717) is 43.2 Å². The molecule has 7 nitrogen and oxygen atoms in total. The van der Waals surface area contributed by atoms with Crippen LogP contribution in [-0.2, 0) is 4.79 Å². The van der Waals surface area contributed by atoms with E-state index in [1.54, 1.807) is 46.2 Å². The lowest BCUT2D eigenvalue weighted by Crippen LogP contribution is -2.50. The van der Waals surface area contributed by atoms with Gasteiger partial charge in [-0.3, -0.25) is 14.4 Å². The number of anilines is 1. The Balaban J connectivity index is 1.66. The zero-order valence-corrected chi connectivity index (χ0v) is 13.9. The number of hydrogen-bond donors (Lipinski definition) is 1. The van der Waals surface area contributed by atoms with Gasteiger partial charge in [0, 0.05) is 33.1 Å². The van der Waals surface area contributed by atoms with Crippen molar-refractivity contribution in [1.29, 1.82) is 0 Å². The highest BCUT2D eigenvalue weighted by molar-refractivity contribution is 6.03. The standard InChI is InChI=1S/C18H19N3O4/c1-13(22)19-15-6-3-2-5-14(15)17(23)20-8-10-21(11-9-20)18(24)16-7-4-12-25-16/h2-7,12H,8-11H2,1H3,(H,19,22). The van der Waals surface area contributed by atoms with Crippen LogP contribution >= 0.6 is 0 Å². The summed E-state index contributed by atoms with van der Waals surface area (Å²) in [5, 5.41) is 2.68. The Morgan fingerprint density at radius 3 is 2.16 bits per heavy atom. The quantitative estimate of drug-likeness (QED) is 0.923. The van der Waals surface area contributed by atoms with Gasteiger partial charge >= 0.3 is 0 Å². The lowest BCUT2D eigenvalue weighted by atomic mass is 10.1. The van der Waals surface area contributed by atoms with E-state index in [0.717, 1.165) is 0 Å². The first kappa shape index (κ1) is 16.8. The van der Waals surface area contributed by atoms with Crippen LogP contribution in [0.15, 0.2) is 47.1 Å². The van der Waals surface area contributed by atoms with Crippen molar-refractivity contribution in [2.75, 3.05) is 31.5 Å². The highest BCUT2D eigenvalue weighted by Gasteiger charge is 2.27. The van der Waals surface area contributed by atoms with E-state index in [4.69, 9.17) is 4.42 Å². The van der Waals surface area contributed by atoms with Gasteiger partial charge in [0.05, 0.1) is 17.5 Å². The summed E-state index contributed by atoms with van der Waals surface area (Å²) in [4.78, 5) is 39.7. The summed E-state index contributed by atoms with van der Waals surface area (Å²) in [5.74, 6) is -0.255. The van der Waals surface area contributed by atoms with Crippen LogP contribution in [0.25, 0.3) is 0 Å². The molecule has 2 aromatic rings. The van der Waals surface area contributed by atoms with Crippen molar-refractivity contribution in [3.05, 3.63) is 54.0 Å². The highest BCUT2D eigenvalue weighted by Crippen LogP contribution is 2.19. The summed E-state index contributed by atoms with van der Waals surface area (Å²) in [6.45, 7) is 3.14. The molecule has 1 N–H and O–H groups in total. The minimum atomic E-state index is -0.228. The van der Waals surface area contributed by atoms with Crippen LogP contribution < -0.4 is 5.32 Å². The fourth-order valence-corrected chi connectivity index (χ4v) is 2.81. The van der Waals surface area contributed by atoms with Crippen LogP contribution in [0.5, 0.6) is 0 Å². The number of nitrogens with one attached hydrogen (secondary N) is 1. The Bertz CT molecular complexity index is 777. The Hall–Kier alpha value is -3.09. The van der Waals surface area contributed by atoms with Gasteiger partial charge in [0.2, 0.25) is 5.91 Å². The second-order valence-electron chi connectivity index (χ2n) is 5.79. The van der Waals surface area contributed by atoms with Crippen LogP contribution in [0.4, 0.5) is 5.69 Å². The van der Waals surface area contributed by atoms with Gasteiger partial charge in [-0.15, -0.1) is 0 Å². The van der Waals surface area contributed by atoms with Crippen molar-refractivity contribution in [1.82, 2.24) is 9.80 Å². The molecule has 2 heterocycles. The molecule has 0 spiro atoms. The molecule has 1 saturated heterocycles. The van der Waals surface area contributed by atoms with Gasteiger partial charge in [-0.05, 0) is 24.3 Å². The Morgan fingerprint density at radius 1 is 0.920 bits per heavy atom. The number of piperazine rings is 1. The minimum Gasteiger partial charge on any atom is -0.459 e. The molecular weight excluding hydrogens is 322 g/mol. The van der Waals surface area contributed by atoms with E-state index >= 15 is 0 Å². The lowest BCUT2D eigenvalue weighted by molar-refractivity contribution is -0.114. The summed E-state index contributed by atoms with van der Waals surface area (Å²) in [7, 11) is 0. The lowest BCUT2D eigenvalue weighted by Gasteiger charge is -2.34. The Kier molecular flexibility index (Phi) is 4.83. The molecule has 0 bridgehead atoms. The molecule has 0 aliphatic carbocycles. The van der Waals surface area contributed by atoms with Crippen molar-refractivity contribution in [2.45, 2.75) is 6.92 Å². The van der Waals surface area contributed by atoms with Crippen LogP contribution in [0.3, 0.4) is 0 Å². The SMILES string of the molecule is CC(=O)Nc1ccccc1C(=O)N1CCN(C(=O)c2ccco2)CC1. The molecule has 1 aromatic carbocycles. The summed E-state index contributed by atoms with van der Waals surface area (Å²) in [6.07, 6.45) is 1.46. The Morgan fingerprint density at radius 2 is 1.56 bits per heavy atom. The summed E-state index contributed by atoms with van der Waals surface area (Å²) < 4.78 is 5.13. The highest BCUT2D eigenvalue weighted by atomic mass is 16.3. The molecule has 0 unspecified atom stereocenters. The summed E-state index contributed by atoms with van der Waals surface area (Å²) in [6, 6.07) is 10.2. The normalized spacial score (nSPS) is 14.3. The first-order valence-corrected chi connectivity index (χ1v) is 8.05. The van der Waals surface area contributed by atoms with Gasteiger partial charge in [-0.1, -0.05) is 12.1 Å². The molecule has 1 aliphatic heterocycles. The molecule has 1 aromatic heterocycles. The van der Waals surface area contributed by atoms with Crippen molar-refractivity contribution >= 4 is 23.4 Å². The number of rotatable bonds is 3. The van der Waals surface area contributed by atoms with E-state index in [1.165, 1.54) is 13.2 Å². The summed E-state index contributed by atoms with van der Waals surface area (Å²) >= 11 is 0. The van der Waals surface area contributed by atoms with E-state index < -0.39 is 0 Å². The summed E-state index contributed by atoms with van der Waals surface area (Å²) in [5.41, 5.74) is 0.942. The first-order valence-electron chi connectivity index (χ1n) is 8.05. The molecule has 0 atom stereocenters. The maximum Gasteiger partial charge on any atom is 0.289 e. The topological polar surface area (TPSA) is 82.9 Å². The average Bonchev–Trinajstić information content (AvgIpc) is 3.15. The Labute approximate surface area is 145 Å². The zero-order chi connectivity index (χ0) is 17.8. The van der Waals surface area contributed by atoms with E-state index in [2.05, 4.69) is 5.32 Å². The van der Waals surface area contributed by atoms with E-state index in [9.17, 15) is 14.4 Å². The molecule has 0 saturated carbocycles. The monoisotopic (exact) mass is 341 g/mol. The van der Waals surface area contributed by atoms with Crippen LogP contribution in [0, 0.1) is 0 Å². The molecular formula is C18H19N3O4. The van der Waals surface area contributed by atoms with Crippen LogP contribution in [0.1, 0.15) is 27.8 Å². The largest absolute Gasteiger partial charge is 0.459 e. The number of benzene rings is 1. The molecule has 130 valence electrons. The molecule has 1 fully saturated rings. The number of nitrogens with zero attached hydrogens (tertiary/aromatic N) is 2. The number of amides is 3. The van der Waals surface area contributed by atoms with Crippen LogP contribution in [0.2, 0.25) is 0 Å². The minimum absolute atomic E-state index is 0.158. The first-order chi connectivity index (χ1) is 12.1. The predicted molar refractivity (Wildman–Crippen MR) is 91.3 cm³/mol. The molecule has 7 heteroatoms. The second kappa shape index (κ2) is 7.21. The van der Waals surface area contributed by atoms with Crippen molar-refractivity contribution in [3.8, 4) is 0 Å². The smallest absolute Gasteiger partial charge is 0.289 e. The molecule has 3 amide bonds. The molecule has 0 radical (unpaired) electrons. The van der Waals surface area contributed by atoms with Crippen molar-refractivity contribution in [2.24, 2.45) is 0 Å². The maximum absolute atomic E-state index is 12.8. The fourth-order valence-electron chi connectivity index (χ4n) is 2.81. The third-order valence-corrected chi connectivity index (χ3v) is 4.05. The van der Waals surface area contributed by atoms with E-state index in [-0.39, 0.29) is 17.7 Å². The third kappa shape index (κ3) is 3.71. The van der Waals surface area contributed by atoms with Gasteiger partial charge < -0.3 is 19.5 Å². The predicted octanol–water partition coefficient (Wildman–Crippen LogP) is 1.84. The maximum atomic E-state index is 12.8. The van der Waals surface area contributed by atoms with Crippen molar-refractivity contribution in [3.63, 3.8) is 0 Å². The number of carbonyl (C=O) groups excluding carboxylic acids is 3. The fraction of sp³-hybridized carbons (Fsp3) is 0.278. The molecule has 3 rings (SSSR count). The number of furan rings is 1. The number of para-hydroxylation sites is 1. The average molecular weight is 341 g/mol. The second-order valence-corrected chi connectivity index (χ2v) is 5.79. The van der Waals surface area contributed by atoms with Crippen LogP contribution in [-0.4, -0.2) is 53.7 Å². The van der Waals surface area contributed by atoms with Gasteiger partial charge in [0.1, 0.15) is 0 Å². The third-order valence-electron chi connectivity index (χ3n) is 4.05. The number of hydrogen-bond acceptors (Lipinski definition) is 4. The van der Waals surface area contributed by atoms with Crippen molar-refractivity contribution < 1.29 is 18.8 Å². The number of carbonyl (C=O) groups is 3. The van der Waals surface area contributed by atoms with Gasteiger partial charge in [-0.2, -0.15) is 0 Å². The van der Waals surface area contributed by atoms with Gasteiger partial charge in [0.25, 0.3) is 11.8 Å². The van der Waals surface area contributed by atoms with E-state index in [1.807, 2.05) is 0 Å². The molecule has 25 heavy (non-hydrogen) atoms. The van der Waals surface area contributed by atoms with Gasteiger partial charge in [0.15, 0.2) is 5.76 Å². The van der Waals surface area contributed by atoms with Gasteiger partial charge in [-0.25, -0.2) is 0 Å². The zero-order valence-electron chi connectivity index (χ0n) is 13.9.